The molecule has 0 saturated heterocycles. The van der Waals surface area contributed by atoms with Gasteiger partial charge in [0.15, 0.2) is 0 Å². The van der Waals surface area contributed by atoms with Crippen LogP contribution in [0.1, 0.15) is 39.1 Å². The summed E-state index contributed by atoms with van der Waals surface area (Å²) in [6, 6.07) is 12.3. The van der Waals surface area contributed by atoms with Gasteiger partial charge >= 0.3 is 0 Å². The molecule has 0 aliphatic carbocycles. The SMILES string of the molecule is CNC(=O)c1cccc(CNC(=O)CCCNC(=O)c2ccc(F)cc2)c1. The van der Waals surface area contributed by atoms with Crippen molar-refractivity contribution in [3.05, 3.63) is 71.0 Å². The molecule has 27 heavy (non-hydrogen) atoms. The Morgan fingerprint density at radius 3 is 2.37 bits per heavy atom. The Hall–Kier alpha value is -3.22. The van der Waals surface area contributed by atoms with Gasteiger partial charge in [-0.25, -0.2) is 4.39 Å². The van der Waals surface area contributed by atoms with E-state index in [1.807, 2.05) is 6.07 Å². The number of benzene rings is 2. The van der Waals surface area contributed by atoms with Crippen LogP contribution in [0.5, 0.6) is 0 Å². The minimum Gasteiger partial charge on any atom is -0.355 e. The van der Waals surface area contributed by atoms with Crippen molar-refractivity contribution in [2.45, 2.75) is 19.4 Å². The molecule has 7 heteroatoms. The van der Waals surface area contributed by atoms with E-state index in [1.54, 1.807) is 25.2 Å². The lowest BCUT2D eigenvalue weighted by molar-refractivity contribution is -0.121. The molecular formula is C20H22FN3O3. The monoisotopic (exact) mass is 371 g/mol. The smallest absolute Gasteiger partial charge is 0.251 e. The van der Waals surface area contributed by atoms with Crippen LogP contribution >= 0.6 is 0 Å². The van der Waals surface area contributed by atoms with Gasteiger partial charge in [-0.15, -0.1) is 0 Å². The van der Waals surface area contributed by atoms with E-state index in [1.165, 1.54) is 24.3 Å². The quantitative estimate of drug-likeness (QED) is 0.621. The van der Waals surface area contributed by atoms with Crippen LogP contribution in [-0.2, 0) is 11.3 Å². The predicted molar refractivity (Wildman–Crippen MR) is 99.6 cm³/mol. The lowest BCUT2D eigenvalue weighted by Gasteiger charge is -2.08. The maximum Gasteiger partial charge on any atom is 0.251 e. The van der Waals surface area contributed by atoms with Crippen LogP contribution in [0.25, 0.3) is 0 Å². The Labute approximate surface area is 157 Å². The summed E-state index contributed by atoms with van der Waals surface area (Å²) < 4.78 is 12.8. The highest BCUT2D eigenvalue weighted by atomic mass is 19.1. The molecule has 6 nitrogen and oxygen atoms in total. The Morgan fingerprint density at radius 2 is 1.67 bits per heavy atom. The Bertz CT molecular complexity index is 806. The second-order valence-corrected chi connectivity index (χ2v) is 5.92. The Balaban J connectivity index is 1.68. The zero-order valence-corrected chi connectivity index (χ0v) is 15.0. The summed E-state index contributed by atoms with van der Waals surface area (Å²) in [7, 11) is 1.56. The van der Waals surface area contributed by atoms with Crippen molar-refractivity contribution < 1.29 is 18.8 Å². The number of amides is 3. The first-order valence-corrected chi connectivity index (χ1v) is 8.61. The zero-order chi connectivity index (χ0) is 19.6. The maximum atomic E-state index is 12.8. The summed E-state index contributed by atoms with van der Waals surface area (Å²) in [5.41, 5.74) is 1.73. The zero-order valence-electron chi connectivity index (χ0n) is 15.0. The normalized spacial score (nSPS) is 10.1. The van der Waals surface area contributed by atoms with Crippen molar-refractivity contribution in [1.82, 2.24) is 16.0 Å². The fraction of sp³-hybridized carbons (Fsp3) is 0.250. The largest absolute Gasteiger partial charge is 0.355 e. The molecule has 2 rings (SSSR count). The summed E-state index contributed by atoms with van der Waals surface area (Å²) in [4.78, 5) is 35.4. The first-order chi connectivity index (χ1) is 13.0. The highest BCUT2D eigenvalue weighted by Crippen LogP contribution is 2.05. The molecule has 0 unspecified atom stereocenters. The third-order valence-corrected chi connectivity index (χ3v) is 3.88. The molecule has 2 aromatic rings. The average molecular weight is 371 g/mol. The van der Waals surface area contributed by atoms with Gasteiger partial charge in [0.2, 0.25) is 5.91 Å². The van der Waals surface area contributed by atoms with Crippen LogP contribution in [0.15, 0.2) is 48.5 Å². The standard InChI is InChI=1S/C20H22FN3O3/c1-22-19(26)16-5-2-4-14(12-16)13-24-18(25)6-3-11-23-20(27)15-7-9-17(21)10-8-15/h2,4-5,7-10,12H,3,6,11,13H2,1H3,(H,22,26)(H,23,27)(H,24,25). The number of carbonyl (C=O) groups is 3. The predicted octanol–water partition coefficient (Wildman–Crippen LogP) is 2.01. The molecule has 0 saturated carbocycles. The van der Waals surface area contributed by atoms with Gasteiger partial charge in [0.25, 0.3) is 11.8 Å². The van der Waals surface area contributed by atoms with Crippen LogP contribution < -0.4 is 16.0 Å². The number of hydrogen-bond donors (Lipinski definition) is 3. The third-order valence-electron chi connectivity index (χ3n) is 3.88. The molecule has 0 bridgehead atoms. The van der Waals surface area contributed by atoms with Crippen molar-refractivity contribution in [2.24, 2.45) is 0 Å². The topological polar surface area (TPSA) is 87.3 Å². The van der Waals surface area contributed by atoms with Crippen LogP contribution in [0.2, 0.25) is 0 Å². The number of nitrogens with one attached hydrogen (secondary N) is 3. The van der Waals surface area contributed by atoms with Gasteiger partial charge in [-0.05, 0) is 48.4 Å². The number of rotatable bonds is 8. The number of carbonyl (C=O) groups excluding carboxylic acids is 3. The van der Waals surface area contributed by atoms with Gasteiger partial charge in [-0.3, -0.25) is 14.4 Å². The fourth-order valence-corrected chi connectivity index (χ4v) is 2.41. The van der Waals surface area contributed by atoms with E-state index in [4.69, 9.17) is 0 Å². The van der Waals surface area contributed by atoms with Crippen molar-refractivity contribution in [1.29, 1.82) is 0 Å². The second kappa shape index (κ2) is 10.1. The highest BCUT2D eigenvalue weighted by molar-refractivity contribution is 5.94. The average Bonchev–Trinajstić information content (AvgIpc) is 2.69. The molecule has 0 aliphatic rings. The van der Waals surface area contributed by atoms with E-state index in [2.05, 4.69) is 16.0 Å². The minimum absolute atomic E-state index is 0.142. The summed E-state index contributed by atoms with van der Waals surface area (Å²) in [6.07, 6.45) is 0.746. The molecule has 2 aromatic carbocycles. The molecule has 0 aliphatic heterocycles. The first-order valence-electron chi connectivity index (χ1n) is 8.61. The lowest BCUT2D eigenvalue weighted by atomic mass is 10.1. The molecule has 3 amide bonds. The molecule has 0 spiro atoms. The molecule has 0 radical (unpaired) electrons. The Morgan fingerprint density at radius 1 is 0.926 bits per heavy atom. The molecule has 0 aromatic heterocycles. The van der Waals surface area contributed by atoms with Gasteiger partial charge < -0.3 is 16.0 Å². The lowest BCUT2D eigenvalue weighted by Crippen LogP contribution is -2.27. The second-order valence-electron chi connectivity index (χ2n) is 5.92. The van der Waals surface area contributed by atoms with E-state index in [-0.39, 0.29) is 24.1 Å². The number of halogens is 1. The van der Waals surface area contributed by atoms with Gasteiger partial charge in [0.05, 0.1) is 0 Å². The van der Waals surface area contributed by atoms with Gasteiger partial charge in [0, 0.05) is 37.7 Å². The molecule has 142 valence electrons. The van der Waals surface area contributed by atoms with E-state index in [0.29, 0.717) is 30.6 Å². The molecule has 3 N–H and O–H groups in total. The molecule has 0 fully saturated rings. The molecule has 0 atom stereocenters. The van der Waals surface area contributed by atoms with Crippen molar-refractivity contribution >= 4 is 17.7 Å². The summed E-state index contributed by atoms with van der Waals surface area (Å²) in [6.45, 7) is 0.668. The summed E-state index contributed by atoms with van der Waals surface area (Å²) in [5.74, 6) is -1.03. The van der Waals surface area contributed by atoms with E-state index >= 15 is 0 Å². The van der Waals surface area contributed by atoms with Crippen LogP contribution in [0, 0.1) is 5.82 Å². The van der Waals surface area contributed by atoms with Crippen LogP contribution in [0.3, 0.4) is 0 Å². The fourth-order valence-electron chi connectivity index (χ4n) is 2.41. The van der Waals surface area contributed by atoms with Crippen molar-refractivity contribution in [2.75, 3.05) is 13.6 Å². The number of hydrogen-bond acceptors (Lipinski definition) is 3. The van der Waals surface area contributed by atoms with Crippen LogP contribution in [-0.4, -0.2) is 31.3 Å². The summed E-state index contributed by atoms with van der Waals surface area (Å²) >= 11 is 0. The highest BCUT2D eigenvalue weighted by Gasteiger charge is 2.07. The van der Waals surface area contributed by atoms with E-state index in [0.717, 1.165) is 5.56 Å². The van der Waals surface area contributed by atoms with Gasteiger partial charge in [-0.1, -0.05) is 12.1 Å². The van der Waals surface area contributed by atoms with Crippen molar-refractivity contribution in [3.8, 4) is 0 Å². The van der Waals surface area contributed by atoms with Crippen molar-refractivity contribution in [3.63, 3.8) is 0 Å². The minimum atomic E-state index is -0.399. The summed E-state index contributed by atoms with van der Waals surface area (Å²) in [5, 5.41) is 8.02. The molecule has 0 heterocycles. The maximum absolute atomic E-state index is 12.8. The Kier molecular flexibility index (Phi) is 7.49. The van der Waals surface area contributed by atoms with Gasteiger partial charge in [0.1, 0.15) is 5.82 Å². The van der Waals surface area contributed by atoms with Gasteiger partial charge in [-0.2, -0.15) is 0 Å². The first kappa shape index (κ1) is 20.1. The third kappa shape index (κ3) is 6.54. The van der Waals surface area contributed by atoms with E-state index < -0.39 is 5.82 Å². The van der Waals surface area contributed by atoms with Crippen LogP contribution in [0.4, 0.5) is 4.39 Å². The molecular weight excluding hydrogens is 349 g/mol. The van der Waals surface area contributed by atoms with E-state index in [9.17, 15) is 18.8 Å².